The maximum Gasteiger partial charge on any atom is 0.355 e. The molecule has 152 valence electrons. The molecule has 3 aromatic heterocycles. The third-order valence-corrected chi connectivity index (χ3v) is 6.47. The molecular weight excluding hydrogens is 398 g/mol. The number of ether oxygens (including phenoxy) is 1. The molecule has 29 heavy (non-hydrogen) atoms. The number of nitrogens with zero attached hydrogens (tertiary/aromatic N) is 5. The van der Waals surface area contributed by atoms with E-state index >= 15 is 0 Å². The van der Waals surface area contributed by atoms with E-state index in [2.05, 4.69) is 15.1 Å². The zero-order valence-electron chi connectivity index (χ0n) is 15.7. The average molecular weight is 417 g/mol. The van der Waals surface area contributed by atoms with E-state index in [0.717, 1.165) is 12.8 Å². The van der Waals surface area contributed by atoms with E-state index in [1.807, 2.05) is 0 Å². The molecule has 1 fully saturated rings. The zero-order valence-corrected chi connectivity index (χ0v) is 16.5. The lowest BCUT2D eigenvalue weighted by atomic mass is 10.3. The van der Waals surface area contributed by atoms with Crippen LogP contribution in [0.25, 0.3) is 11.4 Å². The maximum atomic E-state index is 12.7. The molecule has 0 unspecified atom stereocenters. The van der Waals surface area contributed by atoms with Crippen LogP contribution >= 0.6 is 0 Å². The summed E-state index contributed by atoms with van der Waals surface area (Å²) in [5.74, 6) is -0.227. The van der Waals surface area contributed by atoms with Crippen molar-refractivity contribution in [2.75, 3.05) is 13.1 Å². The molecule has 10 nitrogen and oxygen atoms in total. The van der Waals surface area contributed by atoms with Gasteiger partial charge in [-0.1, -0.05) is 5.16 Å². The lowest BCUT2D eigenvalue weighted by Gasteiger charge is -2.13. The van der Waals surface area contributed by atoms with Gasteiger partial charge in [0.15, 0.2) is 6.61 Å². The van der Waals surface area contributed by atoms with Crippen LogP contribution in [0.3, 0.4) is 0 Å². The topological polar surface area (TPSA) is 120 Å². The number of hydrogen-bond donors (Lipinski definition) is 0. The summed E-state index contributed by atoms with van der Waals surface area (Å²) in [7, 11) is -2.02. The zero-order chi connectivity index (χ0) is 20.4. The van der Waals surface area contributed by atoms with Gasteiger partial charge in [-0.3, -0.25) is 4.98 Å². The second kappa shape index (κ2) is 7.76. The number of carbonyl (C=O) groups is 1. The Balaban J connectivity index is 1.44. The van der Waals surface area contributed by atoms with Crippen molar-refractivity contribution in [3.8, 4) is 11.4 Å². The van der Waals surface area contributed by atoms with Crippen LogP contribution in [0.1, 0.15) is 29.2 Å². The van der Waals surface area contributed by atoms with Gasteiger partial charge in [0, 0.05) is 44.3 Å². The van der Waals surface area contributed by atoms with Crippen LogP contribution in [-0.4, -0.2) is 51.5 Å². The van der Waals surface area contributed by atoms with Crippen molar-refractivity contribution < 1.29 is 22.5 Å². The first-order valence-electron chi connectivity index (χ1n) is 9.02. The number of aromatic nitrogens is 4. The van der Waals surface area contributed by atoms with Crippen molar-refractivity contribution in [2.24, 2.45) is 7.05 Å². The van der Waals surface area contributed by atoms with Gasteiger partial charge in [0.25, 0.3) is 5.89 Å². The lowest BCUT2D eigenvalue weighted by Crippen LogP contribution is -2.27. The summed E-state index contributed by atoms with van der Waals surface area (Å²) in [6.07, 6.45) is 6.31. The number of carbonyl (C=O) groups excluding carboxylic acids is 1. The first kappa shape index (κ1) is 19.3. The van der Waals surface area contributed by atoms with Crippen LogP contribution in [0.4, 0.5) is 0 Å². The number of sulfonamides is 1. The van der Waals surface area contributed by atoms with Crippen molar-refractivity contribution >= 4 is 16.0 Å². The summed E-state index contributed by atoms with van der Waals surface area (Å²) >= 11 is 0. The monoisotopic (exact) mass is 417 g/mol. The average Bonchev–Trinajstić information content (AvgIpc) is 3.47. The smallest absolute Gasteiger partial charge is 0.355 e. The van der Waals surface area contributed by atoms with Crippen LogP contribution in [0, 0.1) is 0 Å². The number of hydrogen-bond acceptors (Lipinski definition) is 8. The Morgan fingerprint density at radius 2 is 2.10 bits per heavy atom. The molecule has 0 amide bonds. The first-order chi connectivity index (χ1) is 13.9. The highest BCUT2D eigenvalue weighted by Crippen LogP contribution is 2.23. The fourth-order valence-electron chi connectivity index (χ4n) is 3.08. The molecule has 0 N–H and O–H groups in total. The van der Waals surface area contributed by atoms with Crippen LogP contribution < -0.4 is 0 Å². The van der Waals surface area contributed by atoms with E-state index in [-0.39, 0.29) is 23.1 Å². The molecule has 0 radical (unpaired) electrons. The van der Waals surface area contributed by atoms with Crippen LogP contribution in [0.15, 0.2) is 46.2 Å². The second-order valence-corrected chi connectivity index (χ2v) is 8.55. The van der Waals surface area contributed by atoms with Gasteiger partial charge in [0.2, 0.25) is 15.8 Å². The molecule has 0 saturated carbocycles. The van der Waals surface area contributed by atoms with Crippen molar-refractivity contribution in [3.05, 3.63) is 48.4 Å². The minimum absolute atomic E-state index is 0.0745. The molecular formula is C18H19N5O5S. The largest absolute Gasteiger partial charge is 0.451 e. The molecule has 0 spiro atoms. The quantitative estimate of drug-likeness (QED) is 0.555. The molecule has 4 rings (SSSR count). The van der Waals surface area contributed by atoms with E-state index in [1.54, 1.807) is 31.6 Å². The van der Waals surface area contributed by atoms with Gasteiger partial charge in [0.1, 0.15) is 10.6 Å². The molecule has 1 saturated heterocycles. The Kier molecular flexibility index (Phi) is 5.16. The minimum atomic E-state index is -3.61. The number of esters is 1. The minimum Gasteiger partial charge on any atom is -0.451 e. The highest BCUT2D eigenvalue weighted by atomic mass is 32.2. The summed E-state index contributed by atoms with van der Waals surface area (Å²) in [5.41, 5.74) is 0.794. The summed E-state index contributed by atoms with van der Waals surface area (Å²) in [6.45, 7) is 0.756. The Bertz CT molecular complexity index is 1120. The van der Waals surface area contributed by atoms with Crippen LogP contribution in [0.2, 0.25) is 0 Å². The highest BCUT2D eigenvalue weighted by molar-refractivity contribution is 7.89. The molecule has 0 aliphatic carbocycles. The summed E-state index contributed by atoms with van der Waals surface area (Å²) < 4.78 is 38.5. The molecule has 0 aromatic carbocycles. The van der Waals surface area contributed by atoms with E-state index in [0.29, 0.717) is 24.5 Å². The normalized spacial score (nSPS) is 14.9. The summed E-state index contributed by atoms with van der Waals surface area (Å²) in [5, 5.41) is 3.83. The van der Waals surface area contributed by atoms with Crippen LogP contribution in [-0.2, 0) is 28.4 Å². The molecule has 4 heterocycles. The molecule has 0 bridgehead atoms. The maximum absolute atomic E-state index is 12.7. The predicted octanol–water partition coefficient (Wildman–Crippen LogP) is 1.61. The number of pyridine rings is 1. The Hall–Kier alpha value is -3.05. The molecule has 11 heteroatoms. The third-order valence-electron chi connectivity index (χ3n) is 4.61. The second-order valence-electron chi connectivity index (χ2n) is 6.61. The fourth-order valence-corrected chi connectivity index (χ4v) is 4.67. The standard InChI is InChI=1S/C18H19N5O5S/c1-22-11-14(29(25,26)23-7-2-3-8-23)9-15(22)18(24)27-12-16-20-17(21-28-16)13-5-4-6-19-10-13/h4-6,9-11H,2-3,7-8,12H2,1H3. The molecule has 1 aliphatic heterocycles. The van der Waals surface area contributed by atoms with E-state index in [1.165, 1.54) is 21.1 Å². The summed E-state index contributed by atoms with van der Waals surface area (Å²) in [4.78, 5) is 20.6. The van der Waals surface area contributed by atoms with Gasteiger partial charge in [-0.15, -0.1) is 0 Å². The van der Waals surface area contributed by atoms with Gasteiger partial charge in [-0.05, 0) is 31.0 Å². The van der Waals surface area contributed by atoms with E-state index < -0.39 is 16.0 Å². The van der Waals surface area contributed by atoms with Gasteiger partial charge in [-0.2, -0.15) is 9.29 Å². The molecule has 3 aromatic rings. The van der Waals surface area contributed by atoms with Crippen molar-refractivity contribution in [3.63, 3.8) is 0 Å². The van der Waals surface area contributed by atoms with Gasteiger partial charge in [0.05, 0.1) is 0 Å². The lowest BCUT2D eigenvalue weighted by molar-refractivity contribution is 0.0418. The van der Waals surface area contributed by atoms with Crippen LogP contribution in [0.5, 0.6) is 0 Å². The van der Waals surface area contributed by atoms with E-state index in [4.69, 9.17) is 9.26 Å². The van der Waals surface area contributed by atoms with Crippen molar-refractivity contribution in [2.45, 2.75) is 24.3 Å². The molecule has 1 aliphatic rings. The Labute approximate surface area is 167 Å². The van der Waals surface area contributed by atoms with Gasteiger partial charge >= 0.3 is 5.97 Å². The number of rotatable bonds is 6. The summed E-state index contributed by atoms with van der Waals surface area (Å²) in [6, 6.07) is 4.85. The van der Waals surface area contributed by atoms with Gasteiger partial charge < -0.3 is 13.8 Å². The van der Waals surface area contributed by atoms with Crippen molar-refractivity contribution in [1.29, 1.82) is 0 Å². The van der Waals surface area contributed by atoms with Gasteiger partial charge in [-0.25, -0.2) is 13.2 Å². The first-order valence-corrected chi connectivity index (χ1v) is 10.5. The predicted molar refractivity (Wildman–Crippen MR) is 100 cm³/mol. The van der Waals surface area contributed by atoms with E-state index in [9.17, 15) is 13.2 Å². The fraction of sp³-hybridized carbons (Fsp3) is 0.333. The number of aryl methyl sites for hydroxylation is 1. The highest BCUT2D eigenvalue weighted by Gasteiger charge is 2.29. The van der Waals surface area contributed by atoms with Crippen molar-refractivity contribution in [1.82, 2.24) is 24.0 Å². The molecule has 0 atom stereocenters. The Morgan fingerprint density at radius 3 is 2.83 bits per heavy atom. The third kappa shape index (κ3) is 3.91. The SMILES string of the molecule is Cn1cc(S(=O)(=O)N2CCCC2)cc1C(=O)OCc1nc(-c2cccnc2)no1. The Morgan fingerprint density at radius 1 is 1.31 bits per heavy atom.